The number of ketones is 1. The molecular formula is C30H31F6NO2. The van der Waals surface area contributed by atoms with E-state index in [-0.39, 0.29) is 35.4 Å². The number of allylic oxidation sites excluding steroid dienone is 2. The molecule has 0 N–H and O–H groups in total. The molecule has 9 heteroatoms. The highest BCUT2D eigenvalue weighted by Crippen LogP contribution is 2.49. The second kappa shape index (κ2) is 10.3. The number of carbonyl (C=O) groups is 1. The van der Waals surface area contributed by atoms with Gasteiger partial charge in [0.15, 0.2) is 5.78 Å². The zero-order valence-electron chi connectivity index (χ0n) is 21.8. The van der Waals surface area contributed by atoms with Gasteiger partial charge in [-0.1, -0.05) is 24.3 Å². The zero-order chi connectivity index (χ0) is 28.1. The van der Waals surface area contributed by atoms with E-state index in [1.807, 2.05) is 31.2 Å². The molecule has 2 aliphatic carbocycles. The number of fused-ring (bicyclic) bond motifs is 1. The summed E-state index contributed by atoms with van der Waals surface area (Å²) in [7, 11) is 0. The maximum atomic E-state index is 13.5. The van der Waals surface area contributed by atoms with Crippen LogP contribution < -0.4 is 0 Å². The Kier molecular flexibility index (Phi) is 7.33. The molecule has 0 spiro atoms. The average molecular weight is 552 g/mol. The van der Waals surface area contributed by atoms with Crippen molar-refractivity contribution in [1.82, 2.24) is 4.90 Å². The molecule has 2 aromatic rings. The van der Waals surface area contributed by atoms with Gasteiger partial charge < -0.3 is 9.64 Å². The first kappa shape index (κ1) is 27.7. The third-order valence-corrected chi connectivity index (χ3v) is 8.54. The minimum absolute atomic E-state index is 0.0806. The van der Waals surface area contributed by atoms with Crippen LogP contribution in [0.5, 0.6) is 0 Å². The molecule has 2 fully saturated rings. The minimum Gasteiger partial charge on any atom is -0.374 e. The summed E-state index contributed by atoms with van der Waals surface area (Å²) in [6, 6.07) is 9.59. The lowest BCUT2D eigenvalue weighted by atomic mass is 9.68. The van der Waals surface area contributed by atoms with Crippen molar-refractivity contribution in [3.63, 3.8) is 0 Å². The van der Waals surface area contributed by atoms with Gasteiger partial charge >= 0.3 is 12.4 Å². The molecule has 0 aromatic heterocycles. The number of ether oxygens (including phenoxy) is 1. The van der Waals surface area contributed by atoms with Gasteiger partial charge in [0.1, 0.15) is 0 Å². The van der Waals surface area contributed by atoms with Crippen molar-refractivity contribution in [2.75, 3.05) is 13.1 Å². The molecule has 2 aromatic carbocycles. The lowest BCUT2D eigenvalue weighted by Crippen LogP contribution is -2.38. The Morgan fingerprint density at radius 1 is 0.923 bits per heavy atom. The molecular weight excluding hydrogens is 520 g/mol. The van der Waals surface area contributed by atoms with Crippen molar-refractivity contribution in [3.8, 4) is 0 Å². The third kappa shape index (κ3) is 5.74. The van der Waals surface area contributed by atoms with Crippen LogP contribution in [-0.2, 0) is 21.9 Å². The van der Waals surface area contributed by atoms with Gasteiger partial charge in [-0.25, -0.2) is 0 Å². The number of carbonyl (C=O) groups excluding carboxylic acids is 1. The summed E-state index contributed by atoms with van der Waals surface area (Å²) in [4.78, 5) is 14.1. The molecule has 5 rings (SSSR count). The van der Waals surface area contributed by atoms with Crippen molar-refractivity contribution >= 4 is 5.78 Å². The summed E-state index contributed by atoms with van der Waals surface area (Å²) >= 11 is 0. The molecule has 1 heterocycles. The summed E-state index contributed by atoms with van der Waals surface area (Å²) < 4.78 is 87.3. The third-order valence-electron chi connectivity index (χ3n) is 8.54. The number of hydrogen-bond acceptors (Lipinski definition) is 3. The Bertz CT molecular complexity index is 1230. The second-order valence-electron chi connectivity index (χ2n) is 11.0. The standard InChI is InChI=1S/C30H31F6NO2/c1-17-5-3-4-6-25(17)28-26-16-37(23-8-9-24(38)14-23)15-19(26)7-10-27(28)39-18(2)20-11-21(29(31,32)33)13-22(12-20)30(34,35)36/h3-6,11-14,18-19,26-28H,7-10,15-16H2,1-2H3/t18-,19?,26-,27+,28?/m1/s1. The Morgan fingerprint density at radius 3 is 2.18 bits per heavy atom. The van der Waals surface area contributed by atoms with Crippen LogP contribution in [0.4, 0.5) is 26.3 Å². The van der Waals surface area contributed by atoms with Gasteiger partial charge in [-0.3, -0.25) is 4.79 Å². The van der Waals surface area contributed by atoms with Gasteiger partial charge in [-0.2, -0.15) is 26.3 Å². The monoisotopic (exact) mass is 551 g/mol. The van der Waals surface area contributed by atoms with Crippen molar-refractivity contribution in [2.24, 2.45) is 11.8 Å². The number of alkyl halides is 6. The highest BCUT2D eigenvalue weighted by Gasteiger charge is 2.47. The van der Waals surface area contributed by atoms with Crippen molar-refractivity contribution in [3.05, 3.63) is 82.1 Å². The van der Waals surface area contributed by atoms with E-state index >= 15 is 0 Å². The minimum atomic E-state index is -4.92. The van der Waals surface area contributed by atoms with Crippen LogP contribution in [0.3, 0.4) is 0 Å². The number of benzene rings is 2. The summed E-state index contributed by atoms with van der Waals surface area (Å²) in [5.41, 5.74) is 0.373. The molecule has 1 aliphatic heterocycles. The van der Waals surface area contributed by atoms with Gasteiger partial charge in [0, 0.05) is 37.2 Å². The maximum Gasteiger partial charge on any atom is 0.416 e. The fraction of sp³-hybridized carbons (Fsp3) is 0.500. The fourth-order valence-corrected chi connectivity index (χ4v) is 6.61. The lowest BCUT2D eigenvalue weighted by Gasteiger charge is -2.41. The number of likely N-dealkylation sites (tertiary alicyclic amines) is 1. The molecule has 3 aliphatic rings. The summed E-state index contributed by atoms with van der Waals surface area (Å²) in [5, 5.41) is 0. The molecule has 1 saturated carbocycles. The molecule has 2 unspecified atom stereocenters. The van der Waals surface area contributed by atoms with Gasteiger partial charge in [-0.15, -0.1) is 0 Å². The van der Waals surface area contributed by atoms with E-state index in [0.29, 0.717) is 18.8 Å². The maximum absolute atomic E-state index is 13.5. The molecule has 210 valence electrons. The van der Waals surface area contributed by atoms with Gasteiger partial charge in [0.05, 0.1) is 23.3 Å². The summed E-state index contributed by atoms with van der Waals surface area (Å²) in [5.74, 6) is 0.584. The number of rotatable bonds is 5. The largest absolute Gasteiger partial charge is 0.416 e. The number of halogens is 6. The molecule has 5 atom stereocenters. The number of nitrogens with zero attached hydrogens (tertiary/aromatic N) is 1. The second-order valence-corrected chi connectivity index (χ2v) is 11.0. The quantitative estimate of drug-likeness (QED) is 0.355. The van der Waals surface area contributed by atoms with Crippen molar-refractivity contribution < 1.29 is 35.9 Å². The molecule has 0 radical (unpaired) electrons. The van der Waals surface area contributed by atoms with E-state index in [1.54, 1.807) is 6.08 Å². The Hall–Kier alpha value is -2.81. The van der Waals surface area contributed by atoms with Crippen LogP contribution >= 0.6 is 0 Å². The first-order valence-corrected chi connectivity index (χ1v) is 13.3. The first-order valence-electron chi connectivity index (χ1n) is 13.3. The topological polar surface area (TPSA) is 29.5 Å². The zero-order valence-corrected chi connectivity index (χ0v) is 21.8. The van der Waals surface area contributed by atoms with E-state index in [0.717, 1.165) is 54.9 Å². The smallest absolute Gasteiger partial charge is 0.374 e. The molecule has 0 amide bonds. The SMILES string of the molecule is Cc1ccccc1C1[C@@H]2CN(C3=CC(=O)CC3)CC2CC[C@@H]1O[C@H](C)c1cc(C(F)(F)F)cc(C(F)(F)F)c1. The Labute approximate surface area is 223 Å². The Balaban J connectivity index is 1.46. The van der Waals surface area contributed by atoms with Crippen molar-refractivity contribution in [1.29, 1.82) is 0 Å². The summed E-state index contributed by atoms with van der Waals surface area (Å²) in [6.07, 6.45) is -6.76. The van der Waals surface area contributed by atoms with Crippen molar-refractivity contribution in [2.45, 2.75) is 70.0 Å². The van der Waals surface area contributed by atoms with Gasteiger partial charge in [0.25, 0.3) is 0 Å². The predicted octanol–water partition coefficient (Wildman–Crippen LogP) is 7.85. The van der Waals surface area contributed by atoms with Gasteiger partial charge in [0.2, 0.25) is 0 Å². The van der Waals surface area contributed by atoms with Crippen LogP contribution in [0.1, 0.15) is 72.4 Å². The van der Waals surface area contributed by atoms with E-state index in [9.17, 15) is 31.1 Å². The van der Waals surface area contributed by atoms with Crippen LogP contribution in [0.15, 0.2) is 54.2 Å². The fourth-order valence-electron chi connectivity index (χ4n) is 6.61. The van der Waals surface area contributed by atoms with E-state index in [4.69, 9.17) is 4.74 Å². The van der Waals surface area contributed by atoms with Crippen LogP contribution in [0, 0.1) is 18.8 Å². The van der Waals surface area contributed by atoms with Crippen LogP contribution in [0.2, 0.25) is 0 Å². The highest BCUT2D eigenvalue weighted by atomic mass is 19.4. The first-order chi connectivity index (χ1) is 18.3. The molecule has 1 saturated heterocycles. The lowest BCUT2D eigenvalue weighted by molar-refractivity contribution is -0.143. The Morgan fingerprint density at radius 2 is 1.59 bits per heavy atom. The van der Waals surface area contributed by atoms with Crippen LogP contribution in [0.25, 0.3) is 0 Å². The number of aryl methyl sites for hydroxylation is 1. The molecule has 0 bridgehead atoms. The molecule has 3 nitrogen and oxygen atoms in total. The van der Waals surface area contributed by atoms with E-state index < -0.39 is 29.6 Å². The average Bonchev–Trinajstić information content (AvgIpc) is 3.49. The number of hydrogen-bond donors (Lipinski definition) is 0. The van der Waals surface area contributed by atoms with Crippen LogP contribution in [-0.4, -0.2) is 29.9 Å². The van der Waals surface area contributed by atoms with E-state index in [1.165, 1.54) is 6.92 Å². The highest BCUT2D eigenvalue weighted by molar-refractivity contribution is 5.92. The molecule has 39 heavy (non-hydrogen) atoms. The summed E-state index contributed by atoms with van der Waals surface area (Å²) in [6.45, 7) is 5.09. The predicted molar refractivity (Wildman–Crippen MR) is 134 cm³/mol. The van der Waals surface area contributed by atoms with E-state index in [2.05, 4.69) is 4.90 Å². The van der Waals surface area contributed by atoms with Gasteiger partial charge in [-0.05, 0) is 79.8 Å². The normalized spacial score (nSPS) is 26.5.